The highest BCUT2D eigenvalue weighted by atomic mass is 14.5. The Balaban J connectivity index is 1.08. The van der Waals surface area contributed by atoms with Crippen molar-refractivity contribution in [2.75, 3.05) is 0 Å². The molecule has 0 radical (unpaired) electrons. The molecule has 2 aliphatic rings. The number of aryl methyl sites for hydroxylation is 4. The first kappa shape index (κ1) is 40.2. The van der Waals surface area contributed by atoms with Gasteiger partial charge in [0.05, 0.1) is 10.8 Å². The molecule has 0 aromatic heterocycles. The van der Waals surface area contributed by atoms with Crippen LogP contribution in [0.3, 0.4) is 0 Å². The van der Waals surface area contributed by atoms with Crippen LogP contribution in [-0.4, -0.2) is 0 Å². The van der Waals surface area contributed by atoms with E-state index in [0.29, 0.717) is 0 Å². The van der Waals surface area contributed by atoms with E-state index < -0.39 is 10.8 Å². The van der Waals surface area contributed by atoms with E-state index in [1.807, 2.05) is 0 Å². The topological polar surface area (TPSA) is 0 Å². The van der Waals surface area contributed by atoms with Gasteiger partial charge < -0.3 is 0 Å². The summed E-state index contributed by atoms with van der Waals surface area (Å²) in [4.78, 5) is 0. The molecule has 0 nitrogen and oxygen atoms in total. The summed E-state index contributed by atoms with van der Waals surface area (Å²) in [5.74, 6) is 0. The average Bonchev–Trinajstić information content (AvgIpc) is 3.84. The Morgan fingerprint density at radius 1 is 0.235 bits per heavy atom. The third-order valence-electron chi connectivity index (χ3n) is 15.5. The second kappa shape index (κ2) is 15.2. The number of fused-ring (bicyclic) bond motifs is 8. The van der Waals surface area contributed by atoms with Crippen LogP contribution in [0.15, 0.2) is 231 Å². The normalized spacial score (nSPS) is 13.8. The summed E-state index contributed by atoms with van der Waals surface area (Å²) in [6.45, 7) is 8.73. The number of hydrogen-bond donors (Lipinski definition) is 0. The van der Waals surface area contributed by atoms with Crippen LogP contribution in [0, 0.1) is 27.7 Å². The molecule has 0 heterocycles. The van der Waals surface area contributed by atoms with Crippen LogP contribution in [0.2, 0.25) is 0 Å². The molecule has 0 spiro atoms. The zero-order valence-corrected chi connectivity index (χ0v) is 38.9. The van der Waals surface area contributed by atoms with E-state index in [0.717, 1.165) is 0 Å². The maximum absolute atomic E-state index is 2.53. The van der Waals surface area contributed by atoms with E-state index in [4.69, 9.17) is 0 Å². The molecule has 0 amide bonds. The number of hydrogen-bond acceptors (Lipinski definition) is 0. The quantitative estimate of drug-likeness (QED) is 0.146. The Bertz CT molecular complexity index is 3390. The van der Waals surface area contributed by atoms with Crippen molar-refractivity contribution in [3.63, 3.8) is 0 Å². The summed E-state index contributed by atoms with van der Waals surface area (Å²) in [5, 5.41) is 5.00. The molecule has 2 aliphatic carbocycles. The van der Waals surface area contributed by atoms with E-state index in [1.54, 1.807) is 0 Å². The smallest absolute Gasteiger partial charge is 0.0619 e. The minimum absolute atomic E-state index is 0.502. The molecule has 0 saturated heterocycles. The Morgan fingerprint density at radius 2 is 0.500 bits per heavy atom. The predicted octanol–water partition coefficient (Wildman–Crippen LogP) is 17.3. The van der Waals surface area contributed by atoms with Gasteiger partial charge in [-0.25, -0.2) is 0 Å². The molecule has 0 unspecified atom stereocenters. The molecule has 0 N–H and O–H groups in total. The Hall–Kier alpha value is -8.06. The highest BCUT2D eigenvalue weighted by Gasteiger charge is 2.48. The molecule has 0 fully saturated rings. The molecule has 322 valence electrons. The van der Waals surface area contributed by atoms with Crippen LogP contribution in [-0.2, 0) is 10.8 Å². The number of rotatable bonds is 6. The van der Waals surface area contributed by atoms with Crippen LogP contribution in [0.25, 0.3) is 66.1 Å². The Morgan fingerprint density at radius 3 is 0.809 bits per heavy atom. The average molecular weight is 867 g/mol. The van der Waals surface area contributed by atoms with Crippen molar-refractivity contribution in [3.8, 4) is 44.5 Å². The molecule has 68 heavy (non-hydrogen) atoms. The first-order valence-electron chi connectivity index (χ1n) is 24.1. The lowest BCUT2D eigenvalue weighted by molar-refractivity contribution is 0.768. The van der Waals surface area contributed by atoms with Gasteiger partial charge in [-0.1, -0.05) is 241 Å². The second-order valence-electron chi connectivity index (χ2n) is 19.4. The summed E-state index contributed by atoms with van der Waals surface area (Å²) in [7, 11) is 0. The molecule has 0 saturated carbocycles. The molecule has 0 heteroatoms. The van der Waals surface area contributed by atoms with E-state index >= 15 is 0 Å². The van der Waals surface area contributed by atoms with Gasteiger partial charge in [0, 0.05) is 0 Å². The van der Waals surface area contributed by atoms with E-state index in [1.165, 1.54) is 133 Å². The van der Waals surface area contributed by atoms with E-state index in [2.05, 4.69) is 258 Å². The fourth-order valence-electron chi connectivity index (χ4n) is 12.4. The van der Waals surface area contributed by atoms with Gasteiger partial charge in [-0.3, -0.25) is 0 Å². The van der Waals surface area contributed by atoms with E-state index in [9.17, 15) is 0 Å². The highest BCUT2D eigenvalue weighted by Crippen LogP contribution is 2.59. The third kappa shape index (κ3) is 5.67. The Labute approximate surface area is 399 Å². The van der Waals surface area contributed by atoms with Gasteiger partial charge in [-0.15, -0.1) is 0 Å². The number of benzene rings is 11. The minimum Gasteiger partial charge on any atom is -0.0619 e. The van der Waals surface area contributed by atoms with Crippen LogP contribution >= 0.6 is 0 Å². The van der Waals surface area contributed by atoms with Crippen LogP contribution in [0.4, 0.5) is 0 Å². The van der Waals surface area contributed by atoms with Gasteiger partial charge in [0.15, 0.2) is 0 Å². The largest absolute Gasteiger partial charge is 0.0713 e. The summed E-state index contributed by atoms with van der Waals surface area (Å²) >= 11 is 0. The maximum atomic E-state index is 2.53. The predicted molar refractivity (Wildman–Crippen MR) is 286 cm³/mol. The van der Waals surface area contributed by atoms with Crippen LogP contribution < -0.4 is 0 Å². The van der Waals surface area contributed by atoms with Gasteiger partial charge in [0.1, 0.15) is 0 Å². The monoisotopic (exact) mass is 866 g/mol. The Kier molecular flexibility index (Phi) is 9.02. The van der Waals surface area contributed by atoms with Gasteiger partial charge in [0.2, 0.25) is 0 Å². The molecule has 11 aromatic rings. The molecule has 0 bridgehead atoms. The van der Waals surface area contributed by atoms with Crippen LogP contribution in [0.5, 0.6) is 0 Å². The molecule has 0 atom stereocenters. The van der Waals surface area contributed by atoms with Crippen molar-refractivity contribution >= 4 is 21.5 Å². The van der Waals surface area contributed by atoms with Crippen LogP contribution in [0.1, 0.15) is 66.8 Å². The molecular formula is C68H50. The summed E-state index contributed by atoms with van der Waals surface area (Å²) in [5.41, 5.74) is 24.6. The maximum Gasteiger partial charge on any atom is 0.0713 e. The third-order valence-corrected chi connectivity index (χ3v) is 15.5. The van der Waals surface area contributed by atoms with Crippen molar-refractivity contribution in [1.29, 1.82) is 0 Å². The molecule has 0 aliphatic heterocycles. The lowest BCUT2D eigenvalue weighted by atomic mass is 9.67. The van der Waals surface area contributed by atoms with Crippen molar-refractivity contribution in [3.05, 3.63) is 297 Å². The fourth-order valence-corrected chi connectivity index (χ4v) is 12.4. The summed E-state index contributed by atoms with van der Waals surface area (Å²) in [6.07, 6.45) is 0. The standard InChI is InChI=1S/C68H50/c1-43-21-31-49(32-22-43)67(50-33-23-44(2)24-34-50)61-19-11-9-13-53(61)55-39-29-47(41-63(55)67)65-57-15-5-7-17-59(57)66(60-18-8-6-16-58(60)65)48-30-40-56-54-14-10-12-20-62(54)68(64(56)42-48,51-35-25-45(3)26-36-51)52-37-27-46(4)28-38-52/h5-42H,1-4H3. The zero-order chi connectivity index (χ0) is 45.7. The first-order chi connectivity index (χ1) is 33.3. The van der Waals surface area contributed by atoms with Gasteiger partial charge in [-0.05, 0) is 150 Å². The van der Waals surface area contributed by atoms with Crippen molar-refractivity contribution in [2.45, 2.75) is 38.5 Å². The second-order valence-corrected chi connectivity index (χ2v) is 19.4. The summed E-state index contributed by atoms with van der Waals surface area (Å²) in [6, 6.07) is 88.1. The van der Waals surface area contributed by atoms with Gasteiger partial charge in [0.25, 0.3) is 0 Å². The van der Waals surface area contributed by atoms with Gasteiger partial charge >= 0.3 is 0 Å². The molecule has 11 aromatic carbocycles. The SMILES string of the molecule is Cc1ccc(C2(c3ccc(C)cc3)c3ccccc3-c3ccc(-c4c5ccccc5c(-c5ccc6c(c5)C(c5ccc(C)cc5)(c5ccc(C)cc5)c5ccccc5-6)c5ccccc45)cc32)cc1. The fraction of sp³-hybridized carbons (Fsp3) is 0.0882. The van der Waals surface area contributed by atoms with Crippen molar-refractivity contribution in [1.82, 2.24) is 0 Å². The lowest BCUT2D eigenvalue weighted by Gasteiger charge is -2.34. The minimum atomic E-state index is -0.502. The van der Waals surface area contributed by atoms with Crippen molar-refractivity contribution < 1.29 is 0 Å². The van der Waals surface area contributed by atoms with Crippen molar-refractivity contribution in [2.24, 2.45) is 0 Å². The first-order valence-corrected chi connectivity index (χ1v) is 24.1. The molecule has 13 rings (SSSR count). The van der Waals surface area contributed by atoms with Gasteiger partial charge in [-0.2, -0.15) is 0 Å². The van der Waals surface area contributed by atoms with E-state index in [-0.39, 0.29) is 0 Å². The summed E-state index contributed by atoms with van der Waals surface area (Å²) < 4.78 is 0. The zero-order valence-electron chi connectivity index (χ0n) is 38.9. The highest BCUT2D eigenvalue weighted by molar-refractivity contribution is 6.21. The molecular weight excluding hydrogens is 817 g/mol. The lowest BCUT2D eigenvalue weighted by Crippen LogP contribution is -2.28.